The van der Waals surface area contributed by atoms with E-state index in [0.29, 0.717) is 36.2 Å². The molecular formula is C23H27N3O4S. The zero-order chi connectivity index (χ0) is 21.6. The molecule has 3 aromatic rings. The van der Waals surface area contributed by atoms with E-state index < -0.39 is 5.97 Å². The number of hydrogen-bond donors (Lipinski definition) is 2. The molecule has 0 spiro atoms. The maximum absolute atomic E-state index is 12.3. The second kappa shape index (κ2) is 10.3. The van der Waals surface area contributed by atoms with E-state index in [1.807, 2.05) is 41.8 Å². The van der Waals surface area contributed by atoms with Crippen molar-refractivity contribution in [3.05, 3.63) is 52.9 Å². The lowest BCUT2D eigenvalue weighted by atomic mass is 9.98. The van der Waals surface area contributed by atoms with Crippen molar-refractivity contribution < 1.29 is 19.7 Å². The highest BCUT2D eigenvalue weighted by Gasteiger charge is 2.25. The van der Waals surface area contributed by atoms with Crippen molar-refractivity contribution in [2.45, 2.75) is 6.54 Å². The first-order valence-electron chi connectivity index (χ1n) is 10.5. The van der Waals surface area contributed by atoms with Crippen molar-refractivity contribution in [2.24, 2.45) is 0 Å². The number of hydrogen-bond acceptors (Lipinski definition) is 7. The largest absolute Gasteiger partial charge is 0.478 e. The molecule has 0 amide bonds. The number of carboxylic acids is 1. The Morgan fingerprint density at radius 2 is 1.84 bits per heavy atom. The topological polar surface area (TPSA) is 86.1 Å². The highest BCUT2D eigenvalue weighted by Crippen LogP contribution is 2.33. The van der Waals surface area contributed by atoms with Gasteiger partial charge in [-0.3, -0.25) is 9.80 Å². The average molecular weight is 442 g/mol. The highest BCUT2D eigenvalue weighted by molar-refractivity contribution is 7.13. The fraction of sp³-hybridized carbons (Fsp3) is 0.391. The normalized spacial score (nSPS) is 15.5. The molecule has 0 aliphatic carbocycles. The maximum atomic E-state index is 12.3. The van der Waals surface area contributed by atoms with Crippen LogP contribution in [0.3, 0.4) is 0 Å². The molecule has 0 bridgehead atoms. The number of carbonyl (C=O) groups is 1. The molecule has 7 nitrogen and oxygen atoms in total. The van der Waals surface area contributed by atoms with Crippen LogP contribution in [0.25, 0.3) is 21.5 Å². The number of ether oxygens (including phenoxy) is 1. The summed E-state index contributed by atoms with van der Waals surface area (Å²) in [5.74, 6) is -0.911. The summed E-state index contributed by atoms with van der Waals surface area (Å²) in [5.41, 5.74) is 2.62. The summed E-state index contributed by atoms with van der Waals surface area (Å²) in [5, 5.41) is 21.6. The number of piperazine rings is 1. The number of fused-ring (bicyclic) bond motifs is 1. The minimum Gasteiger partial charge on any atom is -0.478 e. The van der Waals surface area contributed by atoms with E-state index in [1.54, 1.807) is 11.3 Å². The molecule has 1 aromatic carbocycles. The van der Waals surface area contributed by atoms with Crippen LogP contribution in [0, 0.1) is 0 Å². The molecule has 1 fully saturated rings. The van der Waals surface area contributed by atoms with E-state index in [1.165, 1.54) is 0 Å². The van der Waals surface area contributed by atoms with Gasteiger partial charge in [-0.15, -0.1) is 11.3 Å². The summed E-state index contributed by atoms with van der Waals surface area (Å²) in [4.78, 5) is 22.8. The summed E-state index contributed by atoms with van der Waals surface area (Å²) in [6.07, 6.45) is 0. The lowest BCUT2D eigenvalue weighted by molar-refractivity contribution is 0.0561. The fourth-order valence-electron chi connectivity index (χ4n) is 4.02. The molecule has 0 atom stereocenters. The average Bonchev–Trinajstić information content (AvgIpc) is 3.32. The van der Waals surface area contributed by atoms with Crippen molar-refractivity contribution in [1.29, 1.82) is 0 Å². The smallest absolute Gasteiger partial charge is 0.336 e. The molecule has 3 heterocycles. The van der Waals surface area contributed by atoms with Gasteiger partial charge in [0.25, 0.3) is 0 Å². The van der Waals surface area contributed by atoms with Crippen LogP contribution < -0.4 is 0 Å². The number of rotatable bonds is 9. The first-order chi connectivity index (χ1) is 15.2. The maximum Gasteiger partial charge on any atom is 0.336 e. The molecule has 0 unspecified atom stereocenters. The number of thiophene rings is 1. The third-order valence-electron chi connectivity index (χ3n) is 5.60. The van der Waals surface area contributed by atoms with Gasteiger partial charge in [-0.2, -0.15) is 0 Å². The molecule has 1 saturated heterocycles. The third-order valence-corrected chi connectivity index (χ3v) is 6.47. The summed E-state index contributed by atoms with van der Waals surface area (Å²) in [7, 11) is 0. The number of aromatic carboxylic acids is 1. The molecule has 31 heavy (non-hydrogen) atoms. The zero-order valence-electron chi connectivity index (χ0n) is 17.4. The van der Waals surface area contributed by atoms with Gasteiger partial charge in [-0.25, -0.2) is 9.78 Å². The van der Waals surface area contributed by atoms with Gasteiger partial charge >= 0.3 is 5.97 Å². The molecule has 164 valence electrons. The van der Waals surface area contributed by atoms with E-state index in [4.69, 9.17) is 14.8 Å². The Balaban J connectivity index is 1.58. The number of aliphatic hydroxyl groups is 1. The lowest BCUT2D eigenvalue weighted by Gasteiger charge is -2.35. The number of pyridine rings is 1. The predicted molar refractivity (Wildman–Crippen MR) is 122 cm³/mol. The lowest BCUT2D eigenvalue weighted by Crippen LogP contribution is -2.47. The molecular weight excluding hydrogens is 414 g/mol. The van der Waals surface area contributed by atoms with E-state index in [0.717, 1.165) is 48.9 Å². The number of aliphatic hydroxyl groups excluding tert-OH is 1. The Kier molecular flexibility index (Phi) is 7.26. The van der Waals surface area contributed by atoms with E-state index in [2.05, 4.69) is 9.80 Å². The van der Waals surface area contributed by atoms with Gasteiger partial charge in [0.2, 0.25) is 0 Å². The van der Waals surface area contributed by atoms with Crippen LogP contribution >= 0.6 is 11.3 Å². The number of para-hydroxylation sites is 1. The molecule has 4 rings (SSSR count). The van der Waals surface area contributed by atoms with Gasteiger partial charge in [0.05, 0.1) is 41.5 Å². The van der Waals surface area contributed by atoms with Crippen LogP contribution in [0.15, 0.2) is 41.8 Å². The van der Waals surface area contributed by atoms with E-state index in [-0.39, 0.29) is 6.61 Å². The Hall–Kier alpha value is -2.36. The predicted octanol–water partition coefficient (Wildman–Crippen LogP) is 2.79. The zero-order valence-corrected chi connectivity index (χ0v) is 18.2. The fourth-order valence-corrected chi connectivity index (χ4v) is 4.76. The first kappa shape index (κ1) is 21.9. The second-order valence-corrected chi connectivity index (χ2v) is 8.52. The van der Waals surface area contributed by atoms with Crippen LogP contribution in [-0.4, -0.2) is 83.5 Å². The van der Waals surface area contributed by atoms with Gasteiger partial charge in [0.1, 0.15) is 0 Å². The van der Waals surface area contributed by atoms with Crippen molar-refractivity contribution in [2.75, 3.05) is 52.5 Å². The van der Waals surface area contributed by atoms with Crippen molar-refractivity contribution >= 4 is 28.2 Å². The minimum atomic E-state index is -0.911. The van der Waals surface area contributed by atoms with Crippen LogP contribution in [-0.2, 0) is 11.3 Å². The van der Waals surface area contributed by atoms with Crippen molar-refractivity contribution in [1.82, 2.24) is 14.8 Å². The van der Waals surface area contributed by atoms with Crippen LogP contribution in [0.4, 0.5) is 0 Å². The third kappa shape index (κ3) is 5.11. The molecule has 2 aromatic heterocycles. The monoisotopic (exact) mass is 441 g/mol. The molecule has 0 radical (unpaired) electrons. The quantitative estimate of drug-likeness (QED) is 0.494. The SMILES string of the molecule is O=C(O)c1c(CN2CCN(CCOCCO)CC2)c(-c2cccs2)nc2ccccc12. The summed E-state index contributed by atoms with van der Waals surface area (Å²) in [6.45, 7) is 5.95. The van der Waals surface area contributed by atoms with Gasteiger partial charge in [-0.05, 0) is 17.5 Å². The van der Waals surface area contributed by atoms with Gasteiger partial charge in [-0.1, -0.05) is 24.3 Å². The minimum absolute atomic E-state index is 0.0477. The van der Waals surface area contributed by atoms with E-state index in [9.17, 15) is 9.90 Å². The highest BCUT2D eigenvalue weighted by atomic mass is 32.1. The Morgan fingerprint density at radius 3 is 2.55 bits per heavy atom. The standard InChI is InChI=1S/C23H27N3O4S/c27-12-14-30-13-11-25-7-9-26(10-8-25)16-18-21(23(28)29)17-4-1-2-5-19(17)24-22(18)20-6-3-15-31-20/h1-6,15,27H,7-14,16H2,(H,28,29). The van der Waals surface area contributed by atoms with Crippen LogP contribution in [0.1, 0.15) is 15.9 Å². The molecule has 0 saturated carbocycles. The Labute approximate surface area is 185 Å². The van der Waals surface area contributed by atoms with Crippen molar-refractivity contribution in [3.63, 3.8) is 0 Å². The number of carboxylic acid groups (broad SMARTS) is 1. The molecule has 1 aliphatic heterocycles. The molecule has 8 heteroatoms. The summed E-state index contributed by atoms with van der Waals surface area (Å²) < 4.78 is 5.37. The van der Waals surface area contributed by atoms with E-state index >= 15 is 0 Å². The Morgan fingerprint density at radius 1 is 1.06 bits per heavy atom. The van der Waals surface area contributed by atoms with Gasteiger partial charge in [0.15, 0.2) is 0 Å². The molecule has 2 N–H and O–H groups in total. The molecule has 1 aliphatic rings. The van der Waals surface area contributed by atoms with Crippen LogP contribution in [0.2, 0.25) is 0 Å². The van der Waals surface area contributed by atoms with Crippen molar-refractivity contribution in [3.8, 4) is 10.6 Å². The Bertz CT molecular complexity index is 1020. The first-order valence-corrected chi connectivity index (χ1v) is 11.4. The van der Waals surface area contributed by atoms with Gasteiger partial charge in [0, 0.05) is 50.2 Å². The number of aromatic nitrogens is 1. The number of nitrogens with zero attached hydrogens (tertiary/aromatic N) is 3. The van der Waals surface area contributed by atoms with Crippen LogP contribution in [0.5, 0.6) is 0 Å². The van der Waals surface area contributed by atoms with Gasteiger partial charge < -0.3 is 14.9 Å². The second-order valence-electron chi connectivity index (χ2n) is 7.57. The summed E-state index contributed by atoms with van der Waals surface area (Å²) in [6, 6.07) is 11.4. The summed E-state index contributed by atoms with van der Waals surface area (Å²) >= 11 is 1.58. The number of benzene rings is 1.